The van der Waals surface area contributed by atoms with Gasteiger partial charge in [0.1, 0.15) is 11.6 Å². The second kappa shape index (κ2) is 7.14. The molecule has 0 bridgehead atoms. The van der Waals surface area contributed by atoms with Crippen LogP contribution in [0.5, 0.6) is 0 Å². The number of carbonyl (C=O) groups is 1. The predicted octanol–water partition coefficient (Wildman–Crippen LogP) is 0.681. The Bertz CT molecular complexity index is 928. The van der Waals surface area contributed by atoms with Gasteiger partial charge < -0.3 is 14.6 Å². The fourth-order valence-corrected chi connectivity index (χ4v) is 4.62. The minimum atomic E-state index is -4.05. The van der Waals surface area contributed by atoms with Gasteiger partial charge >= 0.3 is 5.97 Å². The van der Waals surface area contributed by atoms with Gasteiger partial charge in [-0.2, -0.15) is 4.31 Å². The molecule has 0 spiro atoms. The maximum Gasteiger partial charge on any atom is 0.337 e. The number of benzene rings is 1. The van der Waals surface area contributed by atoms with Crippen molar-refractivity contribution in [2.45, 2.75) is 10.9 Å². The lowest BCUT2D eigenvalue weighted by molar-refractivity contribution is 0.0600. The van der Waals surface area contributed by atoms with Crippen molar-refractivity contribution in [2.75, 3.05) is 26.7 Å². The third kappa shape index (κ3) is 3.35. The lowest BCUT2D eigenvalue weighted by Crippen LogP contribution is -2.49. The van der Waals surface area contributed by atoms with E-state index in [9.17, 15) is 17.6 Å². The molecular weight excluding hydrogens is 363 g/mol. The second-order valence-electron chi connectivity index (χ2n) is 5.90. The molecule has 1 atom stereocenters. The van der Waals surface area contributed by atoms with E-state index >= 15 is 0 Å². The van der Waals surface area contributed by atoms with Gasteiger partial charge in [-0.25, -0.2) is 22.6 Å². The monoisotopic (exact) mass is 382 g/mol. The van der Waals surface area contributed by atoms with Crippen molar-refractivity contribution in [3.8, 4) is 0 Å². The molecule has 2 aromatic rings. The number of hydrogen-bond donors (Lipinski definition) is 1. The number of methoxy groups -OCH3 is 1. The van der Waals surface area contributed by atoms with Crippen molar-refractivity contribution in [1.82, 2.24) is 19.2 Å². The van der Waals surface area contributed by atoms with E-state index in [-0.39, 0.29) is 17.0 Å². The average Bonchev–Trinajstić information content (AvgIpc) is 3.06. The van der Waals surface area contributed by atoms with Gasteiger partial charge in [0.05, 0.1) is 23.6 Å². The Balaban J connectivity index is 2.05. The van der Waals surface area contributed by atoms with E-state index in [4.69, 9.17) is 0 Å². The highest BCUT2D eigenvalue weighted by atomic mass is 32.2. The first-order valence-corrected chi connectivity index (χ1v) is 9.37. The van der Waals surface area contributed by atoms with Crippen molar-refractivity contribution < 1.29 is 22.3 Å². The fourth-order valence-electron chi connectivity index (χ4n) is 2.97. The van der Waals surface area contributed by atoms with E-state index in [0.29, 0.717) is 18.9 Å². The van der Waals surface area contributed by atoms with Gasteiger partial charge in [-0.05, 0) is 18.2 Å². The molecule has 1 unspecified atom stereocenters. The molecule has 1 fully saturated rings. The van der Waals surface area contributed by atoms with Gasteiger partial charge in [-0.15, -0.1) is 0 Å². The summed E-state index contributed by atoms with van der Waals surface area (Å²) in [5.74, 6) is -1.05. The zero-order valence-corrected chi connectivity index (χ0v) is 15.2. The number of carbonyl (C=O) groups excluding carboxylic acids is 1. The number of sulfonamides is 1. The summed E-state index contributed by atoms with van der Waals surface area (Å²) in [5, 5.41) is 3.15. The number of aryl methyl sites for hydroxylation is 1. The van der Waals surface area contributed by atoms with Crippen LogP contribution in [0.2, 0.25) is 0 Å². The molecule has 1 aliphatic rings. The Hall–Kier alpha value is -2.30. The van der Waals surface area contributed by atoms with E-state index in [2.05, 4.69) is 15.0 Å². The zero-order valence-electron chi connectivity index (χ0n) is 14.3. The number of aromatic nitrogens is 2. The number of hydrogen-bond acceptors (Lipinski definition) is 6. The minimum Gasteiger partial charge on any atom is -0.465 e. The third-order valence-electron chi connectivity index (χ3n) is 4.25. The van der Waals surface area contributed by atoms with E-state index < -0.39 is 27.9 Å². The molecule has 2 heterocycles. The molecule has 1 saturated heterocycles. The molecule has 1 aromatic heterocycles. The molecule has 0 amide bonds. The molecule has 1 aliphatic heterocycles. The third-order valence-corrected chi connectivity index (χ3v) is 6.14. The van der Waals surface area contributed by atoms with Crippen molar-refractivity contribution in [3.05, 3.63) is 47.8 Å². The largest absolute Gasteiger partial charge is 0.465 e. The van der Waals surface area contributed by atoms with E-state index in [1.807, 2.05) is 0 Å². The zero-order chi connectivity index (χ0) is 18.9. The van der Waals surface area contributed by atoms with Crippen molar-refractivity contribution in [3.63, 3.8) is 0 Å². The number of nitrogens with zero attached hydrogens (tertiary/aromatic N) is 3. The quantitative estimate of drug-likeness (QED) is 0.782. The Morgan fingerprint density at radius 3 is 2.81 bits per heavy atom. The van der Waals surface area contributed by atoms with Gasteiger partial charge in [0.15, 0.2) is 0 Å². The predicted molar refractivity (Wildman–Crippen MR) is 90.5 cm³/mol. The summed E-state index contributed by atoms with van der Waals surface area (Å²) < 4.78 is 47.8. The summed E-state index contributed by atoms with van der Waals surface area (Å²) in [7, 11) is -1.12. The van der Waals surface area contributed by atoms with Crippen LogP contribution >= 0.6 is 0 Å². The highest BCUT2D eigenvalue weighted by molar-refractivity contribution is 7.89. The number of esters is 1. The van der Waals surface area contributed by atoms with Crippen LogP contribution in [0.15, 0.2) is 35.5 Å². The summed E-state index contributed by atoms with van der Waals surface area (Å²) in [6.45, 7) is 1.03. The number of halogens is 1. The Labute approximate surface area is 150 Å². The van der Waals surface area contributed by atoms with Crippen LogP contribution < -0.4 is 5.32 Å². The molecule has 0 aliphatic carbocycles. The molecule has 140 valence electrons. The Kier molecular flexibility index (Phi) is 5.08. The average molecular weight is 382 g/mol. The minimum absolute atomic E-state index is 0.158. The van der Waals surface area contributed by atoms with Gasteiger partial charge in [0.2, 0.25) is 10.0 Å². The Morgan fingerprint density at radius 1 is 1.38 bits per heavy atom. The maximum absolute atomic E-state index is 13.9. The van der Waals surface area contributed by atoms with E-state index in [0.717, 1.165) is 25.3 Å². The first-order chi connectivity index (χ1) is 12.3. The van der Waals surface area contributed by atoms with Crippen LogP contribution in [-0.4, -0.2) is 55.0 Å². The second-order valence-corrected chi connectivity index (χ2v) is 7.79. The lowest BCUT2D eigenvalue weighted by atomic mass is 10.2. The summed E-state index contributed by atoms with van der Waals surface area (Å²) >= 11 is 0. The number of nitrogens with one attached hydrogen (secondary N) is 1. The molecule has 8 nitrogen and oxygen atoms in total. The fraction of sp³-hybridized carbons (Fsp3) is 0.375. The van der Waals surface area contributed by atoms with E-state index in [1.54, 1.807) is 24.0 Å². The van der Waals surface area contributed by atoms with Gasteiger partial charge in [-0.3, -0.25) is 0 Å². The van der Waals surface area contributed by atoms with Crippen LogP contribution in [0.4, 0.5) is 4.39 Å². The van der Waals surface area contributed by atoms with Gasteiger partial charge in [0, 0.05) is 39.1 Å². The topological polar surface area (TPSA) is 93.5 Å². The van der Waals surface area contributed by atoms with Crippen LogP contribution in [0.1, 0.15) is 22.2 Å². The standard InChI is InChI=1S/C16H19FN4O4S/c1-20-5-4-19-15(20)14-10-18-3-6-21(14)26(23,24)13-8-11(16(22)25-2)7-12(17)9-13/h4-5,7-9,14,18H,3,6,10H2,1-2H3. The molecule has 1 aromatic carbocycles. The number of ether oxygens (including phenoxy) is 1. The van der Waals surface area contributed by atoms with Crippen molar-refractivity contribution in [1.29, 1.82) is 0 Å². The number of rotatable bonds is 4. The van der Waals surface area contributed by atoms with Crippen LogP contribution in [0.3, 0.4) is 0 Å². The van der Waals surface area contributed by atoms with Crippen LogP contribution in [0.25, 0.3) is 0 Å². The van der Waals surface area contributed by atoms with E-state index in [1.165, 1.54) is 4.31 Å². The summed E-state index contributed by atoms with van der Waals surface area (Å²) in [6.07, 6.45) is 3.32. The first kappa shape index (κ1) is 18.5. The SMILES string of the molecule is COC(=O)c1cc(F)cc(S(=O)(=O)N2CCNCC2c2nccn2C)c1. The molecule has 1 N–H and O–H groups in total. The highest BCUT2D eigenvalue weighted by Gasteiger charge is 2.37. The van der Waals surface area contributed by atoms with Gasteiger partial charge in [-0.1, -0.05) is 0 Å². The first-order valence-electron chi connectivity index (χ1n) is 7.93. The maximum atomic E-state index is 13.9. The normalized spacial score (nSPS) is 18.7. The van der Waals surface area contributed by atoms with Gasteiger partial charge in [0.25, 0.3) is 0 Å². The van der Waals surface area contributed by atoms with Crippen LogP contribution in [0, 0.1) is 5.82 Å². The number of piperazine rings is 1. The molecule has 0 radical (unpaired) electrons. The molecule has 0 saturated carbocycles. The Morgan fingerprint density at radius 2 is 2.15 bits per heavy atom. The van der Waals surface area contributed by atoms with Crippen molar-refractivity contribution in [2.24, 2.45) is 7.05 Å². The highest BCUT2D eigenvalue weighted by Crippen LogP contribution is 2.28. The molecule has 3 rings (SSSR count). The van der Waals surface area contributed by atoms with Crippen molar-refractivity contribution >= 4 is 16.0 Å². The summed E-state index contributed by atoms with van der Waals surface area (Å²) in [5.41, 5.74) is -0.158. The molecule has 26 heavy (non-hydrogen) atoms. The summed E-state index contributed by atoms with van der Waals surface area (Å²) in [4.78, 5) is 15.6. The molecular formula is C16H19FN4O4S. The van der Waals surface area contributed by atoms with Crippen LogP contribution in [-0.2, 0) is 21.8 Å². The smallest absolute Gasteiger partial charge is 0.337 e. The summed E-state index contributed by atoms with van der Waals surface area (Å²) in [6, 6.07) is 2.43. The molecule has 10 heteroatoms. The lowest BCUT2D eigenvalue weighted by Gasteiger charge is -2.34. The number of imidazole rings is 1.